The van der Waals surface area contributed by atoms with Crippen molar-refractivity contribution in [1.29, 1.82) is 0 Å². The Morgan fingerprint density at radius 2 is 1.89 bits per heavy atom. The Morgan fingerprint density at radius 1 is 1.11 bits per heavy atom. The van der Waals surface area contributed by atoms with E-state index in [0.717, 1.165) is 22.9 Å². The quantitative estimate of drug-likeness (QED) is 0.554. The molecule has 0 aliphatic heterocycles. The molecule has 0 spiro atoms. The van der Waals surface area contributed by atoms with E-state index < -0.39 is 6.10 Å². The Hall–Kier alpha value is -2.63. The minimum atomic E-state index is -0.582. The number of hydrogen-bond acceptors (Lipinski definition) is 4. The summed E-state index contributed by atoms with van der Waals surface area (Å²) in [6, 6.07) is 17.1. The van der Waals surface area contributed by atoms with Crippen molar-refractivity contribution >= 4 is 10.9 Å². The maximum absolute atomic E-state index is 11.7. The average Bonchev–Trinajstić information content (AvgIpc) is 2.70. The summed E-state index contributed by atoms with van der Waals surface area (Å²) in [6.45, 7) is 6.57. The number of benzene rings is 2. The van der Waals surface area contributed by atoms with Crippen LogP contribution in [-0.2, 0) is 6.61 Å². The fourth-order valence-electron chi connectivity index (χ4n) is 3.39. The molecule has 3 N–H and O–H groups in total. The number of aliphatic hydroxyl groups excluding tert-OH is 1. The first-order valence-corrected chi connectivity index (χ1v) is 9.75. The predicted molar refractivity (Wildman–Crippen MR) is 113 cm³/mol. The van der Waals surface area contributed by atoms with Crippen molar-refractivity contribution in [2.24, 2.45) is 0 Å². The summed E-state index contributed by atoms with van der Waals surface area (Å²) in [6.07, 6.45) is 0.255. The molecule has 0 aliphatic carbocycles. The van der Waals surface area contributed by atoms with Crippen molar-refractivity contribution in [3.05, 3.63) is 76.1 Å². The lowest BCUT2D eigenvalue weighted by molar-refractivity contribution is 0.121. The summed E-state index contributed by atoms with van der Waals surface area (Å²) in [7, 11) is 0. The molecule has 28 heavy (non-hydrogen) atoms. The Kier molecular flexibility index (Phi) is 6.49. The number of H-pyrrole nitrogens is 1. The molecule has 2 aromatic carbocycles. The maximum Gasteiger partial charge on any atom is 0.248 e. The third-order valence-corrected chi connectivity index (χ3v) is 4.78. The van der Waals surface area contributed by atoms with E-state index in [1.165, 1.54) is 6.07 Å². The number of fused-ring (bicyclic) bond motifs is 1. The molecule has 2 unspecified atom stereocenters. The zero-order valence-electron chi connectivity index (χ0n) is 16.6. The Morgan fingerprint density at radius 3 is 2.64 bits per heavy atom. The zero-order valence-corrected chi connectivity index (χ0v) is 16.6. The monoisotopic (exact) mass is 380 g/mol. The van der Waals surface area contributed by atoms with E-state index in [0.29, 0.717) is 23.9 Å². The first-order chi connectivity index (χ1) is 13.5. The maximum atomic E-state index is 11.7. The molecule has 0 saturated carbocycles. The lowest BCUT2D eigenvalue weighted by Gasteiger charge is -2.25. The number of para-hydroxylation sites is 1. The van der Waals surface area contributed by atoms with Crippen molar-refractivity contribution in [2.75, 3.05) is 0 Å². The highest BCUT2D eigenvalue weighted by Gasteiger charge is 2.20. The van der Waals surface area contributed by atoms with E-state index in [1.807, 2.05) is 42.5 Å². The second kappa shape index (κ2) is 9.04. The molecule has 3 aromatic rings. The standard InChI is InChI=1S/C23H28N2O3/c1-4-19(24-15(2)3)23(27)18-9-5-7-16(13-18)14-28-20-10-6-8-17-11-12-21(26)25-22(17)20/h5-13,15,19,23-24,27H,4,14H2,1-3H3,(H,25,26). The number of rotatable bonds is 8. The molecule has 0 aliphatic rings. The van der Waals surface area contributed by atoms with Gasteiger partial charge < -0.3 is 20.1 Å². The summed E-state index contributed by atoms with van der Waals surface area (Å²) in [5.74, 6) is 0.633. The zero-order chi connectivity index (χ0) is 20.1. The molecule has 0 amide bonds. The van der Waals surface area contributed by atoms with Crippen LogP contribution in [0.5, 0.6) is 5.75 Å². The summed E-state index contributed by atoms with van der Waals surface area (Å²) in [5.41, 5.74) is 2.37. The SMILES string of the molecule is CCC(NC(C)C)C(O)c1cccc(COc2cccc3ccc(=O)[nH]c23)c1. The average molecular weight is 380 g/mol. The summed E-state index contributed by atoms with van der Waals surface area (Å²) in [5, 5.41) is 15.1. The Labute approximate surface area is 165 Å². The van der Waals surface area contributed by atoms with E-state index in [1.54, 1.807) is 6.07 Å². The van der Waals surface area contributed by atoms with Crippen molar-refractivity contribution in [3.63, 3.8) is 0 Å². The first kappa shape index (κ1) is 20.1. The van der Waals surface area contributed by atoms with Crippen LogP contribution < -0.4 is 15.6 Å². The number of hydrogen-bond donors (Lipinski definition) is 3. The second-order valence-corrected chi connectivity index (χ2v) is 7.36. The minimum absolute atomic E-state index is 0.000638. The van der Waals surface area contributed by atoms with Crippen LogP contribution in [0.15, 0.2) is 59.4 Å². The van der Waals surface area contributed by atoms with Gasteiger partial charge >= 0.3 is 0 Å². The van der Waals surface area contributed by atoms with Gasteiger partial charge in [0.25, 0.3) is 0 Å². The Balaban J connectivity index is 1.77. The van der Waals surface area contributed by atoms with Crippen molar-refractivity contribution < 1.29 is 9.84 Å². The van der Waals surface area contributed by atoms with Gasteiger partial charge in [0.2, 0.25) is 5.56 Å². The normalized spacial score (nSPS) is 13.6. The van der Waals surface area contributed by atoms with Crippen molar-refractivity contribution in [3.8, 4) is 5.75 Å². The predicted octanol–water partition coefficient (Wildman–Crippen LogP) is 3.92. The second-order valence-electron chi connectivity index (χ2n) is 7.36. The fraction of sp³-hybridized carbons (Fsp3) is 0.348. The number of nitrogens with one attached hydrogen (secondary N) is 2. The van der Waals surface area contributed by atoms with Crippen LogP contribution in [-0.4, -0.2) is 22.2 Å². The molecule has 1 heterocycles. The van der Waals surface area contributed by atoms with E-state index in [-0.39, 0.29) is 11.6 Å². The highest BCUT2D eigenvalue weighted by molar-refractivity contribution is 5.84. The molecule has 0 fully saturated rings. The van der Waals surface area contributed by atoms with Gasteiger partial charge in [0.05, 0.1) is 11.6 Å². The van der Waals surface area contributed by atoms with E-state index in [2.05, 4.69) is 31.1 Å². The summed E-state index contributed by atoms with van der Waals surface area (Å²) < 4.78 is 5.98. The fourth-order valence-corrected chi connectivity index (χ4v) is 3.39. The molecule has 0 saturated heterocycles. The molecule has 148 valence electrons. The van der Waals surface area contributed by atoms with Gasteiger partial charge in [0.15, 0.2) is 0 Å². The highest BCUT2D eigenvalue weighted by Crippen LogP contribution is 2.24. The van der Waals surface area contributed by atoms with Crippen LogP contribution in [0.4, 0.5) is 0 Å². The van der Waals surface area contributed by atoms with Crippen LogP contribution >= 0.6 is 0 Å². The highest BCUT2D eigenvalue weighted by atomic mass is 16.5. The number of pyridine rings is 1. The minimum Gasteiger partial charge on any atom is -0.487 e. The molecule has 1 aromatic heterocycles. The van der Waals surface area contributed by atoms with Crippen LogP contribution in [0.3, 0.4) is 0 Å². The number of aromatic amines is 1. The molecular formula is C23H28N2O3. The van der Waals surface area contributed by atoms with Gasteiger partial charge in [0.1, 0.15) is 12.4 Å². The van der Waals surface area contributed by atoms with Crippen molar-refractivity contribution in [1.82, 2.24) is 10.3 Å². The molecular weight excluding hydrogens is 352 g/mol. The topological polar surface area (TPSA) is 74.3 Å². The third-order valence-electron chi connectivity index (χ3n) is 4.78. The van der Waals surface area contributed by atoms with Crippen LogP contribution in [0.2, 0.25) is 0 Å². The number of aromatic nitrogens is 1. The van der Waals surface area contributed by atoms with Gasteiger partial charge in [-0.25, -0.2) is 0 Å². The third kappa shape index (κ3) is 4.80. The summed E-state index contributed by atoms with van der Waals surface area (Å²) >= 11 is 0. The van der Waals surface area contributed by atoms with Crippen molar-refractivity contribution in [2.45, 2.75) is 52.0 Å². The van der Waals surface area contributed by atoms with Gasteiger partial charge in [0, 0.05) is 23.5 Å². The van der Waals surface area contributed by atoms with Gasteiger partial charge in [-0.3, -0.25) is 4.79 Å². The van der Waals surface area contributed by atoms with Gasteiger partial charge in [-0.15, -0.1) is 0 Å². The lowest BCUT2D eigenvalue weighted by Crippen LogP contribution is -2.38. The van der Waals surface area contributed by atoms with Gasteiger partial charge in [-0.1, -0.05) is 51.1 Å². The van der Waals surface area contributed by atoms with E-state index in [9.17, 15) is 9.90 Å². The van der Waals surface area contributed by atoms with Crippen LogP contribution in [0.1, 0.15) is 44.4 Å². The summed E-state index contributed by atoms with van der Waals surface area (Å²) in [4.78, 5) is 14.5. The number of aliphatic hydroxyl groups is 1. The van der Waals surface area contributed by atoms with Gasteiger partial charge in [-0.05, 0) is 35.7 Å². The van der Waals surface area contributed by atoms with Crippen LogP contribution in [0.25, 0.3) is 10.9 Å². The molecule has 3 rings (SSSR count). The molecule has 0 radical (unpaired) electrons. The van der Waals surface area contributed by atoms with E-state index >= 15 is 0 Å². The number of ether oxygens (including phenoxy) is 1. The van der Waals surface area contributed by atoms with E-state index in [4.69, 9.17) is 4.74 Å². The lowest BCUT2D eigenvalue weighted by atomic mass is 9.98. The molecule has 5 heteroatoms. The molecule has 0 bridgehead atoms. The largest absolute Gasteiger partial charge is 0.487 e. The smallest absolute Gasteiger partial charge is 0.248 e. The van der Waals surface area contributed by atoms with Crippen LogP contribution in [0, 0.1) is 0 Å². The van der Waals surface area contributed by atoms with Gasteiger partial charge in [-0.2, -0.15) is 0 Å². The Bertz CT molecular complexity index is 981. The molecule has 2 atom stereocenters. The molecule has 5 nitrogen and oxygen atoms in total. The first-order valence-electron chi connectivity index (χ1n) is 9.75.